The zero-order valence-corrected chi connectivity index (χ0v) is 10.5. The molecule has 16 heavy (non-hydrogen) atoms. The molecule has 0 amide bonds. The number of H-pyrrole nitrogens is 1. The van der Waals surface area contributed by atoms with E-state index in [0.717, 1.165) is 19.3 Å². The number of nitrogens with one attached hydrogen (secondary N) is 2. The lowest BCUT2D eigenvalue weighted by Crippen LogP contribution is -2.35. The summed E-state index contributed by atoms with van der Waals surface area (Å²) in [5.41, 5.74) is 2.58. The molecule has 1 aromatic rings. The molecule has 1 aliphatic rings. The Morgan fingerprint density at radius 3 is 2.69 bits per heavy atom. The Hall–Kier alpha value is -0.830. The molecule has 3 heteroatoms. The minimum absolute atomic E-state index is 0.634. The van der Waals surface area contributed by atoms with E-state index in [1.165, 1.54) is 43.0 Å². The number of rotatable bonds is 4. The second-order valence-corrected chi connectivity index (χ2v) is 4.67. The van der Waals surface area contributed by atoms with Crippen molar-refractivity contribution in [3.63, 3.8) is 0 Å². The summed E-state index contributed by atoms with van der Waals surface area (Å²) in [7, 11) is 0. The first kappa shape index (κ1) is 11.6. The number of imidazole rings is 1. The summed E-state index contributed by atoms with van der Waals surface area (Å²) in [6.45, 7) is 5.54. The van der Waals surface area contributed by atoms with Crippen LogP contribution in [0.3, 0.4) is 0 Å². The maximum absolute atomic E-state index is 4.70. The smallest absolute Gasteiger partial charge is 0.108 e. The maximum Gasteiger partial charge on any atom is 0.108 e. The summed E-state index contributed by atoms with van der Waals surface area (Å²) in [5, 5.41) is 3.57. The summed E-state index contributed by atoms with van der Waals surface area (Å²) < 4.78 is 0. The molecule has 3 nitrogen and oxygen atoms in total. The Labute approximate surface area is 98.1 Å². The van der Waals surface area contributed by atoms with Crippen LogP contribution in [0.25, 0.3) is 0 Å². The van der Waals surface area contributed by atoms with Gasteiger partial charge in [-0.15, -0.1) is 0 Å². The first-order valence-electron chi connectivity index (χ1n) is 6.63. The Bertz CT molecular complexity index is 302. The van der Waals surface area contributed by atoms with E-state index >= 15 is 0 Å². The molecule has 1 atom stereocenters. The molecule has 0 bridgehead atoms. The van der Waals surface area contributed by atoms with Gasteiger partial charge in [0, 0.05) is 18.2 Å². The van der Waals surface area contributed by atoms with E-state index in [1.54, 1.807) is 0 Å². The van der Waals surface area contributed by atoms with Crippen LogP contribution in [0.2, 0.25) is 0 Å². The van der Waals surface area contributed by atoms with Crippen molar-refractivity contribution >= 4 is 0 Å². The highest BCUT2D eigenvalue weighted by Crippen LogP contribution is 2.13. The van der Waals surface area contributed by atoms with Gasteiger partial charge in [-0.2, -0.15) is 0 Å². The molecule has 2 rings (SSSR count). The van der Waals surface area contributed by atoms with Crippen molar-refractivity contribution < 1.29 is 0 Å². The van der Waals surface area contributed by atoms with Crippen LogP contribution in [0.1, 0.15) is 50.3 Å². The fourth-order valence-corrected chi connectivity index (χ4v) is 2.52. The van der Waals surface area contributed by atoms with Crippen molar-refractivity contribution in [3.05, 3.63) is 17.2 Å². The van der Waals surface area contributed by atoms with Crippen LogP contribution < -0.4 is 5.32 Å². The van der Waals surface area contributed by atoms with E-state index in [0.29, 0.717) is 6.04 Å². The molecule has 1 unspecified atom stereocenters. The van der Waals surface area contributed by atoms with Crippen LogP contribution in [-0.4, -0.2) is 22.6 Å². The van der Waals surface area contributed by atoms with Crippen LogP contribution in [0.4, 0.5) is 0 Å². The molecule has 1 aliphatic heterocycles. The molecule has 1 saturated heterocycles. The number of aryl methyl sites for hydroxylation is 2. The van der Waals surface area contributed by atoms with Crippen LogP contribution in [0.5, 0.6) is 0 Å². The highest BCUT2D eigenvalue weighted by Gasteiger charge is 2.15. The highest BCUT2D eigenvalue weighted by atomic mass is 15.0. The summed E-state index contributed by atoms with van der Waals surface area (Å²) in [6.07, 6.45) is 7.15. The zero-order valence-electron chi connectivity index (χ0n) is 10.5. The number of nitrogens with zero attached hydrogens (tertiary/aromatic N) is 1. The molecule has 0 aliphatic carbocycles. The number of piperidine rings is 1. The monoisotopic (exact) mass is 221 g/mol. The van der Waals surface area contributed by atoms with Gasteiger partial charge in [0.15, 0.2) is 0 Å². The van der Waals surface area contributed by atoms with Crippen molar-refractivity contribution in [3.8, 4) is 0 Å². The number of hydrogen-bond donors (Lipinski definition) is 2. The average molecular weight is 221 g/mol. The topological polar surface area (TPSA) is 40.7 Å². The van der Waals surface area contributed by atoms with E-state index in [1.807, 2.05) is 0 Å². The van der Waals surface area contributed by atoms with Gasteiger partial charge in [0.1, 0.15) is 5.82 Å². The second-order valence-electron chi connectivity index (χ2n) is 4.67. The number of aromatic nitrogens is 2. The van der Waals surface area contributed by atoms with Crippen molar-refractivity contribution in [1.29, 1.82) is 0 Å². The zero-order chi connectivity index (χ0) is 11.4. The van der Waals surface area contributed by atoms with Gasteiger partial charge in [-0.05, 0) is 32.2 Å². The average Bonchev–Trinajstić information content (AvgIpc) is 2.72. The SMILES string of the molecule is CCc1nc(CC2CCCCN2)[nH]c1CC. The molecule has 2 N–H and O–H groups in total. The van der Waals surface area contributed by atoms with Crippen LogP contribution in [0, 0.1) is 0 Å². The Balaban J connectivity index is 2.00. The van der Waals surface area contributed by atoms with Crippen molar-refractivity contribution in [2.45, 2.75) is 58.4 Å². The molecule has 1 fully saturated rings. The molecule has 1 aromatic heterocycles. The third kappa shape index (κ3) is 2.64. The van der Waals surface area contributed by atoms with Gasteiger partial charge in [0.25, 0.3) is 0 Å². The lowest BCUT2D eigenvalue weighted by Gasteiger charge is -2.22. The molecule has 0 aromatic carbocycles. The van der Waals surface area contributed by atoms with Gasteiger partial charge < -0.3 is 10.3 Å². The van der Waals surface area contributed by atoms with Gasteiger partial charge in [-0.25, -0.2) is 4.98 Å². The maximum atomic E-state index is 4.70. The first-order chi connectivity index (χ1) is 7.83. The van der Waals surface area contributed by atoms with Gasteiger partial charge in [0.05, 0.1) is 5.69 Å². The van der Waals surface area contributed by atoms with Gasteiger partial charge >= 0.3 is 0 Å². The third-order valence-electron chi connectivity index (χ3n) is 3.45. The third-order valence-corrected chi connectivity index (χ3v) is 3.45. The molecular formula is C13H23N3. The fraction of sp³-hybridized carbons (Fsp3) is 0.769. The predicted molar refractivity (Wildman–Crippen MR) is 66.7 cm³/mol. The molecule has 0 spiro atoms. The quantitative estimate of drug-likeness (QED) is 0.818. The normalized spacial score (nSPS) is 21.2. The summed E-state index contributed by atoms with van der Waals surface area (Å²) in [4.78, 5) is 8.18. The highest BCUT2D eigenvalue weighted by molar-refractivity contribution is 5.15. The Morgan fingerprint density at radius 1 is 1.25 bits per heavy atom. The van der Waals surface area contributed by atoms with Crippen molar-refractivity contribution in [2.75, 3.05) is 6.54 Å². The van der Waals surface area contributed by atoms with Gasteiger partial charge in [0.2, 0.25) is 0 Å². The summed E-state index contributed by atoms with van der Waals surface area (Å²) >= 11 is 0. The Morgan fingerprint density at radius 2 is 2.12 bits per heavy atom. The molecular weight excluding hydrogens is 198 g/mol. The Kier molecular flexibility index (Phi) is 3.99. The number of aromatic amines is 1. The van der Waals surface area contributed by atoms with E-state index in [2.05, 4.69) is 24.1 Å². The van der Waals surface area contributed by atoms with E-state index in [4.69, 9.17) is 4.98 Å². The molecule has 2 heterocycles. The van der Waals surface area contributed by atoms with Crippen LogP contribution in [0.15, 0.2) is 0 Å². The summed E-state index contributed by atoms with van der Waals surface area (Å²) in [5.74, 6) is 1.17. The standard InChI is InChI=1S/C13H23N3/c1-3-11-12(4-2)16-13(15-11)9-10-7-5-6-8-14-10/h10,14H,3-9H2,1-2H3,(H,15,16). The predicted octanol–water partition coefficient (Wildman–Crippen LogP) is 2.22. The van der Waals surface area contributed by atoms with Crippen molar-refractivity contribution in [1.82, 2.24) is 15.3 Å². The minimum atomic E-state index is 0.634. The van der Waals surface area contributed by atoms with E-state index in [-0.39, 0.29) is 0 Å². The molecule has 0 radical (unpaired) electrons. The number of hydrogen-bond acceptors (Lipinski definition) is 2. The van der Waals surface area contributed by atoms with Gasteiger partial charge in [-0.3, -0.25) is 0 Å². The molecule has 0 saturated carbocycles. The fourth-order valence-electron chi connectivity index (χ4n) is 2.52. The first-order valence-corrected chi connectivity index (χ1v) is 6.63. The van der Waals surface area contributed by atoms with Crippen LogP contribution in [-0.2, 0) is 19.3 Å². The lowest BCUT2D eigenvalue weighted by atomic mass is 10.0. The minimum Gasteiger partial charge on any atom is -0.346 e. The van der Waals surface area contributed by atoms with Crippen LogP contribution >= 0.6 is 0 Å². The van der Waals surface area contributed by atoms with E-state index < -0.39 is 0 Å². The lowest BCUT2D eigenvalue weighted by molar-refractivity contribution is 0.395. The van der Waals surface area contributed by atoms with E-state index in [9.17, 15) is 0 Å². The summed E-state index contributed by atoms with van der Waals surface area (Å²) in [6, 6.07) is 0.634. The molecule has 90 valence electrons. The van der Waals surface area contributed by atoms with Crippen molar-refractivity contribution in [2.24, 2.45) is 0 Å². The largest absolute Gasteiger partial charge is 0.346 e. The van der Waals surface area contributed by atoms with Gasteiger partial charge in [-0.1, -0.05) is 20.3 Å². The second kappa shape index (κ2) is 5.48.